The van der Waals surface area contributed by atoms with Gasteiger partial charge in [0.15, 0.2) is 0 Å². The van der Waals surface area contributed by atoms with E-state index in [1.807, 2.05) is 0 Å². The van der Waals surface area contributed by atoms with E-state index in [0.29, 0.717) is 0 Å². The van der Waals surface area contributed by atoms with Gasteiger partial charge in [0.1, 0.15) is 5.75 Å². The summed E-state index contributed by atoms with van der Waals surface area (Å²) in [4.78, 5) is 2.37. The molecule has 0 N–H and O–H groups in total. The first-order chi connectivity index (χ1) is 9.67. The Morgan fingerprint density at radius 2 is 2.00 bits per heavy atom. The number of fused-ring (bicyclic) bond motifs is 2. The highest BCUT2D eigenvalue weighted by molar-refractivity contribution is 5.85. The van der Waals surface area contributed by atoms with Gasteiger partial charge in [-0.1, -0.05) is 18.6 Å². The van der Waals surface area contributed by atoms with E-state index >= 15 is 0 Å². The summed E-state index contributed by atoms with van der Waals surface area (Å²) < 4.78 is 5.42. The third kappa shape index (κ3) is 3.54. The molecular formula is C18H28ClNO. The molecule has 4 unspecified atom stereocenters. The quantitative estimate of drug-likeness (QED) is 0.826. The molecule has 0 saturated heterocycles. The molecule has 0 aliphatic heterocycles. The van der Waals surface area contributed by atoms with Crippen LogP contribution in [0.2, 0.25) is 0 Å². The Morgan fingerprint density at radius 3 is 2.71 bits per heavy atom. The van der Waals surface area contributed by atoms with Gasteiger partial charge in [-0.05, 0) is 74.7 Å². The third-order valence-electron chi connectivity index (χ3n) is 5.39. The smallest absolute Gasteiger partial charge is 0.119 e. The van der Waals surface area contributed by atoms with Crippen LogP contribution in [0, 0.1) is 17.8 Å². The second kappa shape index (κ2) is 7.02. The lowest BCUT2D eigenvalue weighted by atomic mass is 9.69. The molecule has 0 radical (unpaired) electrons. The van der Waals surface area contributed by atoms with Crippen LogP contribution in [-0.4, -0.2) is 32.6 Å². The second-order valence-electron chi connectivity index (χ2n) is 6.98. The number of nitrogens with zero attached hydrogens (tertiary/aromatic N) is 1. The zero-order chi connectivity index (χ0) is 14.1. The van der Waals surface area contributed by atoms with Gasteiger partial charge < -0.3 is 9.64 Å². The van der Waals surface area contributed by atoms with Crippen LogP contribution in [0.3, 0.4) is 0 Å². The van der Waals surface area contributed by atoms with Gasteiger partial charge in [0.05, 0.1) is 7.11 Å². The standard InChI is InChI=1S/C18H27NO.ClH/c1-19(2)12-18-15-8-7-13(9-15)10-17(18)14-5-4-6-16(11-14)20-3;/h4-6,11,13,15,17-18H,7-10,12H2,1-3H3;1H. The van der Waals surface area contributed by atoms with Gasteiger partial charge in [-0.25, -0.2) is 0 Å². The largest absolute Gasteiger partial charge is 0.497 e. The highest BCUT2D eigenvalue weighted by Crippen LogP contribution is 2.52. The molecule has 0 amide bonds. The van der Waals surface area contributed by atoms with Crippen molar-refractivity contribution in [1.82, 2.24) is 4.90 Å². The first-order valence-corrected chi connectivity index (χ1v) is 7.96. The molecular weight excluding hydrogens is 282 g/mol. The molecule has 4 atom stereocenters. The minimum Gasteiger partial charge on any atom is -0.497 e. The van der Waals surface area contributed by atoms with Gasteiger partial charge in [0, 0.05) is 6.54 Å². The minimum atomic E-state index is 0. The maximum absolute atomic E-state index is 5.42. The van der Waals surface area contributed by atoms with Crippen molar-refractivity contribution in [3.8, 4) is 5.75 Å². The number of methoxy groups -OCH3 is 1. The molecule has 2 saturated carbocycles. The highest BCUT2D eigenvalue weighted by Gasteiger charge is 2.42. The normalized spacial score (nSPS) is 31.0. The van der Waals surface area contributed by atoms with Crippen LogP contribution < -0.4 is 4.74 Å². The van der Waals surface area contributed by atoms with E-state index in [1.54, 1.807) is 7.11 Å². The van der Waals surface area contributed by atoms with E-state index in [9.17, 15) is 0 Å². The van der Waals surface area contributed by atoms with Crippen LogP contribution in [-0.2, 0) is 0 Å². The van der Waals surface area contributed by atoms with Crippen molar-refractivity contribution in [3.63, 3.8) is 0 Å². The van der Waals surface area contributed by atoms with E-state index in [-0.39, 0.29) is 12.4 Å². The molecule has 21 heavy (non-hydrogen) atoms. The van der Waals surface area contributed by atoms with E-state index in [1.165, 1.54) is 37.8 Å². The predicted octanol–water partition coefficient (Wildman–Crippen LogP) is 4.20. The first-order valence-electron chi connectivity index (χ1n) is 7.96. The summed E-state index contributed by atoms with van der Waals surface area (Å²) in [6, 6.07) is 8.78. The van der Waals surface area contributed by atoms with Crippen molar-refractivity contribution in [1.29, 1.82) is 0 Å². The molecule has 2 aliphatic carbocycles. The van der Waals surface area contributed by atoms with Crippen LogP contribution in [0.5, 0.6) is 5.75 Å². The Kier molecular flexibility index (Phi) is 5.56. The van der Waals surface area contributed by atoms with Crippen LogP contribution in [0.15, 0.2) is 24.3 Å². The fourth-order valence-electron chi connectivity index (χ4n) is 4.53. The average molecular weight is 310 g/mol. The molecule has 118 valence electrons. The lowest BCUT2D eigenvalue weighted by Gasteiger charge is -2.38. The maximum atomic E-state index is 5.42. The monoisotopic (exact) mass is 309 g/mol. The number of halogens is 1. The molecule has 3 heteroatoms. The molecule has 1 aromatic rings. The summed E-state index contributed by atoms with van der Waals surface area (Å²) in [5.74, 6) is 4.44. The van der Waals surface area contributed by atoms with Crippen LogP contribution in [0.25, 0.3) is 0 Å². The summed E-state index contributed by atoms with van der Waals surface area (Å²) in [6.07, 6.45) is 5.75. The summed E-state index contributed by atoms with van der Waals surface area (Å²) in [5, 5.41) is 0. The molecule has 2 fully saturated rings. The minimum absolute atomic E-state index is 0. The number of hydrogen-bond acceptors (Lipinski definition) is 2. The summed E-state index contributed by atoms with van der Waals surface area (Å²) in [7, 11) is 6.19. The fourth-order valence-corrected chi connectivity index (χ4v) is 4.53. The molecule has 0 heterocycles. The van der Waals surface area contributed by atoms with Crippen LogP contribution in [0.4, 0.5) is 0 Å². The van der Waals surface area contributed by atoms with Crippen molar-refractivity contribution in [2.24, 2.45) is 17.8 Å². The van der Waals surface area contributed by atoms with E-state index in [0.717, 1.165) is 29.4 Å². The van der Waals surface area contributed by atoms with Gasteiger partial charge in [-0.2, -0.15) is 0 Å². The molecule has 2 bridgehead atoms. The number of rotatable bonds is 4. The lowest BCUT2D eigenvalue weighted by molar-refractivity contribution is 0.165. The second-order valence-corrected chi connectivity index (χ2v) is 6.98. The van der Waals surface area contributed by atoms with Crippen molar-refractivity contribution >= 4 is 12.4 Å². The maximum Gasteiger partial charge on any atom is 0.119 e. The average Bonchev–Trinajstić information content (AvgIpc) is 2.84. The molecule has 3 rings (SSSR count). The zero-order valence-electron chi connectivity index (χ0n) is 13.4. The van der Waals surface area contributed by atoms with Gasteiger partial charge in [0.25, 0.3) is 0 Å². The van der Waals surface area contributed by atoms with E-state index in [2.05, 4.69) is 43.3 Å². The van der Waals surface area contributed by atoms with E-state index < -0.39 is 0 Å². The van der Waals surface area contributed by atoms with Crippen molar-refractivity contribution in [2.45, 2.75) is 31.6 Å². The molecule has 0 aromatic heterocycles. The van der Waals surface area contributed by atoms with Gasteiger partial charge >= 0.3 is 0 Å². The molecule has 0 spiro atoms. The van der Waals surface area contributed by atoms with Gasteiger partial charge in [-0.15, -0.1) is 12.4 Å². The number of ether oxygens (including phenoxy) is 1. The Labute approximate surface area is 135 Å². The molecule has 1 aromatic carbocycles. The summed E-state index contributed by atoms with van der Waals surface area (Å²) in [5.41, 5.74) is 1.49. The summed E-state index contributed by atoms with van der Waals surface area (Å²) >= 11 is 0. The van der Waals surface area contributed by atoms with Crippen molar-refractivity contribution < 1.29 is 4.74 Å². The fraction of sp³-hybridized carbons (Fsp3) is 0.667. The Morgan fingerprint density at radius 1 is 1.19 bits per heavy atom. The first kappa shape index (κ1) is 16.6. The predicted molar refractivity (Wildman–Crippen MR) is 90.5 cm³/mol. The third-order valence-corrected chi connectivity index (χ3v) is 5.39. The molecule has 2 aliphatic rings. The Balaban J connectivity index is 0.00000161. The lowest BCUT2D eigenvalue weighted by Crippen LogP contribution is -2.34. The number of hydrogen-bond donors (Lipinski definition) is 0. The highest BCUT2D eigenvalue weighted by atomic mass is 35.5. The van der Waals surface area contributed by atoms with Crippen LogP contribution in [0.1, 0.15) is 37.2 Å². The van der Waals surface area contributed by atoms with Crippen LogP contribution >= 0.6 is 12.4 Å². The Hall–Kier alpha value is -0.730. The zero-order valence-corrected chi connectivity index (χ0v) is 14.2. The van der Waals surface area contributed by atoms with E-state index in [4.69, 9.17) is 4.74 Å². The van der Waals surface area contributed by atoms with Gasteiger partial charge in [-0.3, -0.25) is 0 Å². The molecule has 2 nitrogen and oxygen atoms in total. The van der Waals surface area contributed by atoms with Crippen molar-refractivity contribution in [2.75, 3.05) is 27.7 Å². The SMILES string of the molecule is COc1cccc(C2CC3CCC(C3)C2CN(C)C)c1.Cl. The Bertz CT molecular complexity index is 462. The van der Waals surface area contributed by atoms with Crippen molar-refractivity contribution in [3.05, 3.63) is 29.8 Å². The topological polar surface area (TPSA) is 12.5 Å². The van der Waals surface area contributed by atoms with Gasteiger partial charge in [0.2, 0.25) is 0 Å². The summed E-state index contributed by atoms with van der Waals surface area (Å²) in [6.45, 7) is 1.22. The number of benzene rings is 1.